The molecule has 3 fully saturated rings. The van der Waals surface area contributed by atoms with Crippen LogP contribution in [0.4, 0.5) is 4.39 Å². The molecule has 150 valence electrons. The van der Waals surface area contributed by atoms with E-state index in [0.29, 0.717) is 19.6 Å². The molecule has 1 aliphatic carbocycles. The Morgan fingerprint density at radius 1 is 1.14 bits per heavy atom. The SMILES string of the molecule is O=C1C2CCCCC2C(=O)N1CCC(=O)N1CCNCC1c1cccc(F)c1. The normalized spacial score (nSPS) is 27.8. The van der Waals surface area contributed by atoms with E-state index in [1.165, 1.54) is 17.0 Å². The van der Waals surface area contributed by atoms with Gasteiger partial charge in [0.15, 0.2) is 0 Å². The summed E-state index contributed by atoms with van der Waals surface area (Å²) in [6.45, 7) is 1.89. The van der Waals surface area contributed by atoms with Crippen LogP contribution in [0.3, 0.4) is 0 Å². The number of carbonyl (C=O) groups is 3. The number of amides is 3. The average Bonchev–Trinajstić information content (AvgIpc) is 2.96. The molecule has 1 aromatic rings. The summed E-state index contributed by atoms with van der Waals surface area (Å²) in [5.41, 5.74) is 0.750. The van der Waals surface area contributed by atoms with Crippen molar-refractivity contribution in [2.75, 3.05) is 26.2 Å². The Morgan fingerprint density at radius 3 is 2.54 bits per heavy atom. The third kappa shape index (κ3) is 3.55. The van der Waals surface area contributed by atoms with E-state index in [1.54, 1.807) is 11.0 Å². The number of hydrogen-bond donors (Lipinski definition) is 1. The molecule has 6 nitrogen and oxygen atoms in total. The van der Waals surface area contributed by atoms with Gasteiger partial charge in [0.05, 0.1) is 17.9 Å². The van der Waals surface area contributed by atoms with Gasteiger partial charge in [-0.3, -0.25) is 19.3 Å². The average molecular weight is 387 g/mol. The van der Waals surface area contributed by atoms with Crippen molar-refractivity contribution in [1.82, 2.24) is 15.1 Å². The van der Waals surface area contributed by atoms with Crippen LogP contribution in [0.5, 0.6) is 0 Å². The topological polar surface area (TPSA) is 69.7 Å². The van der Waals surface area contributed by atoms with Crippen LogP contribution in [0.25, 0.3) is 0 Å². The van der Waals surface area contributed by atoms with E-state index < -0.39 is 0 Å². The predicted octanol–water partition coefficient (Wildman–Crippen LogP) is 1.86. The zero-order valence-electron chi connectivity index (χ0n) is 15.9. The fraction of sp³-hybridized carbons (Fsp3) is 0.571. The van der Waals surface area contributed by atoms with E-state index >= 15 is 0 Å². The van der Waals surface area contributed by atoms with Crippen molar-refractivity contribution in [3.63, 3.8) is 0 Å². The van der Waals surface area contributed by atoms with Gasteiger partial charge in [0.25, 0.3) is 0 Å². The summed E-state index contributed by atoms with van der Waals surface area (Å²) < 4.78 is 13.6. The van der Waals surface area contributed by atoms with Crippen molar-refractivity contribution in [1.29, 1.82) is 0 Å². The molecule has 1 aromatic carbocycles. The van der Waals surface area contributed by atoms with Gasteiger partial charge < -0.3 is 10.2 Å². The largest absolute Gasteiger partial charge is 0.333 e. The van der Waals surface area contributed by atoms with Crippen molar-refractivity contribution in [3.8, 4) is 0 Å². The van der Waals surface area contributed by atoms with Gasteiger partial charge in [-0.25, -0.2) is 4.39 Å². The minimum atomic E-state index is -0.327. The molecular formula is C21H26FN3O3. The highest BCUT2D eigenvalue weighted by molar-refractivity contribution is 6.05. The van der Waals surface area contributed by atoms with Crippen LogP contribution in [-0.2, 0) is 14.4 Å². The zero-order valence-corrected chi connectivity index (χ0v) is 15.9. The first-order valence-corrected chi connectivity index (χ1v) is 10.2. The first kappa shape index (κ1) is 19.1. The third-order valence-electron chi connectivity index (χ3n) is 6.28. The number of piperazine rings is 1. The number of nitrogens with one attached hydrogen (secondary N) is 1. The Morgan fingerprint density at radius 2 is 1.86 bits per heavy atom. The van der Waals surface area contributed by atoms with Gasteiger partial charge in [0.1, 0.15) is 5.82 Å². The van der Waals surface area contributed by atoms with E-state index in [-0.39, 0.29) is 54.4 Å². The van der Waals surface area contributed by atoms with Gasteiger partial charge in [-0.05, 0) is 30.5 Å². The standard InChI is InChI=1S/C21H26FN3O3/c22-15-5-3-4-14(12-15)18-13-23-9-11-24(18)19(26)8-10-25-20(27)16-6-1-2-7-17(16)21(25)28/h3-5,12,16-18,23H,1-2,6-11,13H2. The summed E-state index contributed by atoms with van der Waals surface area (Å²) in [7, 11) is 0. The van der Waals surface area contributed by atoms with E-state index in [9.17, 15) is 18.8 Å². The predicted molar refractivity (Wildman–Crippen MR) is 101 cm³/mol. The molecule has 3 aliphatic rings. The minimum Gasteiger partial charge on any atom is -0.333 e. The van der Waals surface area contributed by atoms with Crippen LogP contribution < -0.4 is 5.32 Å². The molecule has 3 unspecified atom stereocenters. The molecule has 4 rings (SSSR count). The second-order valence-electron chi connectivity index (χ2n) is 7.94. The first-order chi connectivity index (χ1) is 13.6. The maximum Gasteiger partial charge on any atom is 0.233 e. The Hall–Kier alpha value is -2.28. The Balaban J connectivity index is 1.42. The van der Waals surface area contributed by atoms with Crippen LogP contribution >= 0.6 is 0 Å². The lowest BCUT2D eigenvalue weighted by molar-refractivity contribution is -0.141. The molecule has 0 bridgehead atoms. The molecule has 0 aromatic heterocycles. The molecule has 3 amide bonds. The molecule has 2 heterocycles. The minimum absolute atomic E-state index is 0.105. The number of benzene rings is 1. The number of likely N-dealkylation sites (tertiary alicyclic amines) is 1. The van der Waals surface area contributed by atoms with E-state index in [1.807, 2.05) is 6.07 Å². The highest BCUT2D eigenvalue weighted by atomic mass is 19.1. The summed E-state index contributed by atoms with van der Waals surface area (Å²) in [5, 5.41) is 3.25. The van der Waals surface area contributed by atoms with Crippen molar-refractivity contribution in [2.24, 2.45) is 11.8 Å². The number of hydrogen-bond acceptors (Lipinski definition) is 4. The van der Waals surface area contributed by atoms with E-state index in [4.69, 9.17) is 0 Å². The molecule has 7 heteroatoms. The lowest BCUT2D eigenvalue weighted by Gasteiger charge is -2.37. The van der Waals surface area contributed by atoms with Crippen LogP contribution in [0.2, 0.25) is 0 Å². The van der Waals surface area contributed by atoms with Gasteiger partial charge in [-0.2, -0.15) is 0 Å². The van der Waals surface area contributed by atoms with Crippen molar-refractivity contribution < 1.29 is 18.8 Å². The van der Waals surface area contributed by atoms with Crippen LogP contribution in [0.15, 0.2) is 24.3 Å². The summed E-state index contributed by atoms with van der Waals surface area (Å²) >= 11 is 0. The van der Waals surface area contributed by atoms with E-state index in [0.717, 1.165) is 31.2 Å². The molecule has 0 spiro atoms. The Labute approximate surface area is 164 Å². The number of carbonyl (C=O) groups excluding carboxylic acids is 3. The Bertz CT molecular complexity index is 760. The fourth-order valence-electron chi connectivity index (χ4n) is 4.82. The molecule has 2 aliphatic heterocycles. The molecular weight excluding hydrogens is 361 g/mol. The molecule has 28 heavy (non-hydrogen) atoms. The third-order valence-corrected chi connectivity index (χ3v) is 6.28. The summed E-state index contributed by atoms with van der Waals surface area (Å²) in [4.78, 5) is 41.1. The molecule has 3 atom stereocenters. The maximum atomic E-state index is 13.6. The van der Waals surface area contributed by atoms with Crippen LogP contribution in [0, 0.1) is 17.7 Å². The number of imide groups is 1. The number of rotatable bonds is 4. The highest BCUT2D eigenvalue weighted by Crippen LogP contribution is 2.38. The van der Waals surface area contributed by atoms with Crippen LogP contribution in [-0.4, -0.2) is 53.7 Å². The van der Waals surface area contributed by atoms with E-state index in [2.05, 4.69) is 5.32 Å². The number of fused-ring (bicyclic) bond motifs is 1. The quantitative estimate of drug-likeness (QED) is 0.801. The number of halogens is 1. The van der Waals surface area contributed by atoms with Crippen molar-refractivity contribution in [3.05, 3.63) is 35.6 Å². The summed E-state index contributed by atoms with van der Waals surface area (Å²) in [6.07, 6.45) is 3.65. The van der Waals surface area contributed by atoms with Gasteiger partial charge in [-0.1, -0.05) is 25.0 Å². The second-order valence-corrected chi connectivity index (χ2v) is 7.94. The van der Waals surface area contributed by atoms with Crippen molar-refractivity contribution in [2.45, 2.75) is 38.1 Å². The van der Waals surface area contributed by atoms with Gasteiger partial charge in [-0.15, -0.1) is 0 Å². The van der Waals surface area contributed by atoms with Crippen LogP contribution in [0.1, 0.15) is 43.7 Å². The lowest BCUT2D eigenvalue weighted by Crippen LogP contribution is -2.49. The molecule has 1 N–H and O–H groups in total. The summed E-state index contributed by atoms with van der Waals surface area (Å²) in [5.74, 6) is -1.02. The lowest BCUT2D eigenvalue weighted by atomic mass is 9.81. The maximum absolute atomic E-state index is 13.6. The highest BCUT2D eigenvalue weighted by Gasteiger charge is 2.48. The van der Waals surface area contributed by atoms with Gasteiger partial charge in [0.2, 0.25) is 17.7 Å². The molecule has 0 radical (unpaired) electrons. The van der Waals surface area contributed by atoms with Crippen molar-refractivity contribution >= 4 is 17.7 Å². The smallest absolute Gasteiger partial charge is 0.233 e. The Kier molecular flexibility index (Phi) is 5.44. The van der Waals surface area contributed by atoms with Gasteiger partial charge >= 0.3 is 0 Å². The molecule has 1 saturated carbocycles. The zero-order chi connectivity index (χ0) is 19.7. The number of nitrogens with zero attached hydrogens (tertiary/aromatic N) is 2. The van der Waals surface area contributed by atoms with Gasteiger partial charge in [0, 0.05) is 32.6 Å². The second kappa shape index (κ2) is 7.99. The monoisotopic (exact) mass is 387 g/mol. The molecule has 2 saturated heterocycles. The summed E-state index contributed by atoms with van der Waals surface area (Å²) in [6, 6.07) is 6.06. The fourth-order valence-corrected chi connectivity index (χ4v) is 4.82. The first-order valence-electron chi connectivity index (χ1n) is 10.2.